The number of carbonyl (C=O) groups is 2. The van der Waals surface area contributed by atoms with Crippen molar-refractivity contribution in [1.29, 1.82) is 0 Å². The molecule has 3 aromatic rings. The Morgan fingerprint density at radius 3 is 2.46 bits per heavy atom. The summed E-state index contributed by atoms with van der Waals surface area (Å²) in [4.78, 5) is 28.5. The Hall–Kier alpha value is -3.26. The summed E-state index contributed by atoms with van der Waals surface area (Å²) in [6.07, 6.45) is 2.28. The second-order valence-corrected chi connectivity index (χ2v) is 10.3. The van der Waals surface area contributed by atoms with Crippen molar-refractivity contribution in [3.63, 3.8) is 0 Å². The maximum atomic E-state index is 13.2. The van der Waals surface area contributed by atoms with Crippen molar-refractivity contribution in [2.45, 2.75) is 25.8 Å². The second-order valence-electron chi connectivity index (χ2n) is 9.50. The number of hydrogen-bond donors (Lipinski definition) is 2. The van der Waals surface area contributed by atoms with Gasteiger partial charge in [-0.3, -0.25) is 14.5 Å². The first-order valence-corrected chi connectivity index (χ1v) is 13.7. The van der Waals surface area contributed by atoms with Crippen LogP contribution in [-0.2, 0) is 17.8 Å². The molecule has 2 amide bonds. The molecule has 0 radical (unpaired) electrons. The number of carbonyl (C=O) groups excluding carboxylic acids is 2. The highest BCUT2D eigenvalue weighted by Gasteiger charge is 2.27. The SMILES string of the molecule is COc1ccc(CCNC(=O)c2ccccc2NC(=O)C2CCCN(Cc3c(Cl)cccc3Cl)C2)cc1OC. The van der Waals surface area contributed by atoms with Crippen LogP contribution in [0, 0.1) is 5.92 Å². The first-order chi connectivity index (χ1) is 18.9. The molecule has 0 aromatic heterocycles. The predicted molar refractivity (Wildman–Crippen MR) is 155 cm³/mol. The fourth-order valence-electron chi connectivity index (χ4n) is 4.80. The molecular weight excluding hydrogens is 537 g/mol. The molecule has 1 heterocycles. The summed E-state index contributed by atoms with van der Waals surface area (Å²) in [5.41, 5.74) is 2.80. The third-order valence-electron chi connectivity index (χ3n) is 6.90. The van der Waals surface area contributed by atoms with Gasteiger partial charge < -0.3 is 20.1 Å². The number of piperidine rings is 1. The molecule has 2 N–H and O–H groups in total. The predicted octanol–water partition coefficient (Wildman–Crippen LogP) is 5.83. The van der Waals surface area contributed by atoms with Crippen LogP contribution in [0.5, 0.6) is 11.5 Å². The largest absolute Gasteiger partial charge is 0.493 e. The molecule has 1 fully saturated rings. The van der Waals surface area contributed by atoms with Crippen LogP contribution < -0.4 is 20.1 Å². The Morgan fingerprint density at radius 2 is 1.72 bits per heavy atom. The monoisotopic (exact) mass is 569 g/mol. The van der Waals surface area contributed by atoms with Gasteiger partial charge in [0.05, 0.1) is 31.4 Å². The summed E-state index contributed by atoms with van der Waals surface area (Å²) in [7, 11) is 3.18. The van der Waals surface area contributed by atoms with Gasteiger partial charge in [-0.15, -0.1) is 0 Å². The molecule has 9 heteroatoms. The van der Waals surface area contributed by atoms with Crippen LogP contribution in [0.1, 0.15) is 34.3 Å². The van der Waals surface area contributed by atoms with E-state index in [-0.39, 0.29) is 17.7 Å². The third kappa shape index (κ3) is 7.44. The Labute approximate surface area is 239 Å². The van der Waals surface area contributed by atoms with Crippen molar-refractivity contribution in [3.8, 4) is 11.5 Å². The van der Waals surface area contributed by atoms with E-state index in [1.165, 1.54) is 0 Å². The number of nitrogens with one attached hydrogen (secondary N) is 2. The topological polar surface area (TPSA) is 79.9 Å². The maximum absolute atomic E-state index is 13.2. The average molecular weight is 571 g/mol. The van der Waals surface area contributed by atoms with Crippen LogP contribution in [0.4, 0.5) is 5.69 Å². The van der Waals surface area contributed by atoms with Gasteiger partial charge in [0, 0.05) is 35.2 Å². The molecule has 3 aromatic carbocycles. The first-order valence-electron chi connectivity index (χ1n) is 12.9. The van der Waals surface area contributed by atoms with Crippen LogP contribution >= 0.6 is 23.2 Å². The van der Waals surface area contributed by atoms with Crippen LogP contribution in [0.15, 0.2) is 60.7 Å². The highest BCUT2D eigenvalue weighted by Crippen LogP contribution is 2.29. The van der Waals surface area contributed by atoms with Crippen molar-refractivity contribution in [1.82, 2.24) is 10.2 Å². The number of likely N-dealkylation sites (tertiary alicyclic amines) is 1. The zero-order valence-electron chi connectivity index (χ0n) is 22.1. The summed E-state index contributed by atoms with van der Waals surface area (Å²) in [5, 5.41) is 7.20. The summed E-state index contributed by atoms with van der Waals surface area (Å²) >= 11 is 12.7. The number of nitrogens with zero attached hydrogens (tertiary/aromatic N) is 1. The molecule has 1 saturated heterocycles. The summed E-state index contributed by atoms with van der Waals surface area (Å²) in [5.74, 6) is 0.746. The smallest absolute Gasteiger partial charge is 0.253 e. The van der Waals surface area contributed by atoms with Gasteiger partial charge >= 0.3 is 0 Å². The number of hydrogen-bond acceptors (Lipinski definition) is 5. The summed E-state index contributed by atoms with van der Waals surface area (Å²) in [6, 6.07) is 18.2. The average Bonchev–Trinajstić information content (AvgIpc) is 2.95. The first kappa shape index (κ1) is 28.7. The number of anilines is 1. The van der Waals surface area contributed by atoms with E-state index in [1.54, 1.807) is 32.4 Å². The fraction of sp³-hybridized carbons (Fsp3) is 0.333. The van der Waals surface area contributed by atoms with Crippen molar-refractivity contribution in [2.24, 2.45) is 5.92 Å². The Morgan fingerprint density at radius 1 is 0.974 bits per heavy atom. The van der Waals surface area contributed by atoms with Crippen molar-refractivity contribution in [2.75, 3.05) is 39.2 Å². The lowest BCUT2D eigenvalue weighted by Crippen LogP contribution is -2.40. The summed E-state index contributed by atoms with van der Waals surface area (Å²) in [6.45, 7) is 2.47. The molecular formula is C30H33Cl2N3O4. The lowest BCUT2D eigenvalue weighted by molar-refractivity contribution is -0.121. The van der Waals surface area contributed by atoms with E-state index in [9.17, 15) is 9.59 Å². The van der Waals surface area contributed by atoms with E-state index in [4.69, 9.17) is 32.7 Å². The van der Waals surface area contributed by atoms with Crippen LogP contribution in [0.2, 0.25) is 10.0 Å². The minimum Gasteiger partial charge on any atom is -0.493 e. The number of halogens is 2. The standard InChI is InChI=1S/C30H33Cl2N3O4/c1-38-27-13-12-20(17-28(27)39-2)14-15-33-30(37)22-8-3-4-11-26(22)34-29(36)21-7-6-16-35(18-21)19-23-24(31)9-5-10-25(23)32/h3-5,8-13,17,21H,6-7,14-16,18-19H2,1-2H3,(H,33,37)(H,34,36). The van der Waals surface area contributed by atoms with Gasteiger partial charge in [-0.1, -0.05) is 47.5 Å². The van der Waals surface area contributed by atoms with Gasteiger partial charge in [0.25, 0.3) is 5.91 Å². The Balaban J connectivity index is 1.35. The number of amides is 2. The molecule has 0 spiro atoms. The Kier molecular flexibility index (Phi) is 10.1. The van der Waals surface area contributed by atoms with Crippen molar-refractivity contribution < 1.29 is 19.1 Å². The van der Waals surface area contributed by atoms with Gasteiger partial charge in [-0.05, 0) is 67.8 Å². The molecule has 1 aliphatic rings. The zero-order valence-corrected chi connectivity index (χ0v) is 23.6. The molecule has 1 aliphatic heterocycles. The van der Waals surface area contributed by atoms with Gasteiger partial charge in [0.15, 0.2) is 11.5 Å². The van der Waals surface area contributed by atoms with E-state index in [0.717, 1.165) is 30.5 Å². The van der Waals surface area contributed by atoms with Crippen LogP contribution in [0.3, 0.4) is 0 Å². The number of benzene rings is 3. The minimum atomic E-state index is -0.245. The van der Waals surface area contributed by atoms with Crippen molar-refractivity contribution >= 4 is 40.7 Å². The molecule has 1 unspecified atom stereocenters. The third-order valence-corrected chi connectivity index (χ3v) is 7.60. The molecule has 39 heavy (non-hydrogen) atoms. The van der Waals surface area contributed by atoms with E-state index >= 15 is 0 Å². The highest BCUT2D eigenvalue weighted by molar-refractivity contribution is 6.36. The molecule has 1 atom stereocenters. The lowest BCUT2D eigenvalue weighted by atomic mass is 9.96. The second kappa shape index (κ2) is 13.7. The zero-order chi connectivity index (χ0) is 27.8. The van der Waals surface area contributed by atoms with Gasteiger partial charge in [-0.25, -0.2) is 0 Å². The molecule has 4 rings (SSSR count). The normalized spacial score (nSPS) is 15.4. The quantitative estimate of drug-likeness (QED) is 0.321. The Bertz CT molecular complexity index is 1300. The van der Waals surface area contributed by atoms with Crippen molar-refractivity contribution in [3.05, 3.63) is 87.4 Å². The molecule has 7 nitrogen and oxygen atoms in total. The molecule has 0 bridgehead atoms. The highest BCUT2D eigenvalue weighted by atomic mass is 35.5. The van der Waals surface area contributed by atoms with Gasteiger partial charge in [0.1, 0.15) is 0 Å². The molecule has 0 aliphatic carbocycles. The minimum absolute atomic E-state index is 0.101. The fourth-order valence-corrected chi connectivity index (χ4v) is 5.31. The number of para-hydroxylation sites is 1. The molecule has 206 valence electrons. The van der Waals surface area contributed by atoms with E-state index in [0.29, 0.717) is 58.9 Å². The van der Waals surface area contributed by atoms with Gasteiger partial charge in [-0.2, -0.15) is 0 Å². The number of ether oxygens (including phenoxy) is 2. The lowest BCUT2D eigenvalue weighted by Gasteiger charge is -2.32. The number of rotatable bonds is 10. The number of methoxy groups -OCH3 is 2. The summed E-state index contributed by atoms with van der Waals surface area (Å²) < 4.78 is 10.6. The molecule has 0 saturated carbocycles. The maximum Gasteiger partial charge on any atom is 0.253 e. The van der Waals surface area contributed by atoms with E-state index in [2.05, 4.69) is 15.5 Å². The van der Waals surface area contributed by atoms with E-state index < -0.39 is 0 Å². The van der Waals surface area contributed by atoms with Gasteiger partial charge in [0.2, 0.25) is 5.91 Å². The van der Waals surface area contributed by atoms with Crippen LogP contribution in [0.25, 0.3) is 0 Å². The van der Waals surface area contributed by atoms with E-state index in [1.807, 2.05) is 42.5 Å². The van der Waals surface area contributed by atoms with Crippen LogP contribution in [-0.4, -0.2) is 50.6 Å².